The Morgan fingerprint density at radius 3 is 2.76 bits per heavy atom. The molecule has 3 nitrogen and oxygen atoms in total. The molecule has 0 heterocycles. The van der Waals surface area contributed by atoms with Crippen molar-refractivity contribution in [1.29, 1.82) is 0 Å². The Morgan fingerprint density at radius 1 is 1.29 bits per heavy atom. The number of carbonyl (C=O) groups is 1. The summed E-state index contributed by atoms with van der Waals surface area (Å²) < 4.78 is 32.0. The van der Waals surface area contributed by atoms with Crippen LogP contribution in [0.4, 0.5) is 14.5 Å². The molecule has 1 N–H and O–H groups in total. The van der Waals surface area contributed by atoms with Crippen LogP contribution in [-0.4, -0.2) is 12.5 Å². The van der Waals surface area contributed by atoms with Crippen molar-refractivity contribution in [2.75, 3.05) is 11.9 Å². The highest BCUT2D eigenvalue weighted by molar-refractivity contribution is 9.10. The first-order valence-corrected chi connectivity index (χ1v) is 7.00. The first-order chi connectivity index (χ1) is 10.0. The Balaban J connectivity index is 2.29. The third kappa shape index (κ3) is 3.58. The zero-order valence-electron chi connectivity index (χ0n) is 11.1. The fourth-order valence-corrected chi connectivity index (χ4v) is 2.19. The van der Waals surface area contributed by atoms with E-state index in [1.165, 1.54) is 36.4 Å². The van der Waals surface area contributed by atoms with E-state index in [4.69, 9.17) is 4.74 Å². The summed E-state index contributed by atoms with van der Waals surface area (Å²) in [4.78, 5) is 12.2. The Hall–Kier alpha value is -1.95. The van der Waals surface area contributed by atoms with Crippen molar-refractivity contribution in [2.24, 2.45) is 0 Å². The highest BCUT2D eigenvalue weighted by Crippen LogP contribution is 2.27. The van der Waals surface area contributed by atoms with Gasteiger partial charge < -0.3 is 10.1 Å². The van der Waals surface area contributed by atoms with Crippen LogP contribution in [0, 0.1) is 11.6 Å². The molecule has 0 atom stereocenters. The van der Waals surface area contributed by atoms with E-state index in [-0.39, 0.29) is 15.8 Å². The van der Waals surface area contributed by atoms with Gasteiger partial charge in [-0.1, -0.05) is 6.07 Å². The van der Waals surface area contributed by atoms with Crippen molar-refractivity contribution >= 4 is 27.5 Å². The zero-order chi connectivity index (χ0) is 15.4. The smallest absolute Gasteiger partial charge is 0.257 e. The van der Waals surface area contributed by atoms with E-state index in [1.807, 2.05) is 0 Å². The van der Waals surface area contributed by atoms with Gasteiger partial charge in [-0.15, -0.1) is 0 Å². The van der Waals surface area contributed by atoms with Gasteiger partial charge in [0, 0.05) is 6.07 Å². The first kappa shape index (κ1) is 15.4. The molecule has 2 rings (SSSR count). The molecule has 0 bridgehead atoms. The van der Waals surface area contributed by atoms with E-state index < -0.39 is 17.5 Å². The van der Waals surface area contributed by atoms with E-state index in [2.05, 4.69) is 21.2 Å². The highest BCUT2D eigenvalue weighted by Gasteiger charge is 2.15. The number of rotatable bonds is 4. The van der Waals surface area contributed by atoms with Crippen molar-refractivity contribution in [3.63, 3.8) is 0 Å². The summed E-state index contributed by atoms with van der Waals surface area (Å²) in [5.41, 5.74) is 0.459. The fraction of sp³-hybridized carbons (Fsp3) is 0.133. The van der Waals surface area contributed by atoms with E-state index in [1.54, 1.807) is 6.92 Å². The topological polar surface area (TPSA) is 38.3 Å². The predicted octanol–water partition coefficient (Wildman–Crippen LogP) is 4.38. The summed E-state index contributed by atoms with van der Waals surface area (Å²) in [6.07, 6.45) is 0. The lowest BCUT2D eigenvalue weighted by Crippen LogP contribution is -2.14. The number of hydrogen-bond acceptors (Lipinski definition) is 2. The summed E-state index contributed by atoms with van der Waals surface area (Å²) in [5.74, 6) is -1.30. The van der Waals surface area contributed by atoms with E-state index >= 15 is 0 Å². The predicted molar refractivity (Wildman–Crippen MR) is 79.6 cm³/mol. The van der Waals surface area contributed by atoms with Gasteiger partial charge in [-0.2, -0.15) is 0 Å². The van der Waals surface area contributed by atoms with Gasteiger partial charge in [0.2, 0.25) is 0 Å². The van der Waals surface area contributed by atoms with Gasteiger partial charge in [-0.3, -0.25) is 4.79 Å². The zero-order valence-corrected chi connectivity index (χ0v) is 12.7. The molecule has 0 spiro atoms. The molecule has 1 amide bonds. The van der Waals surface area contributed by atoms with Crippen LogP contribution in [0.2, 0.25) is 0 Å². The molecule has 0 unspecified atom stereocenters. The second-order valence-electron chi connectivity index (χ2n) is 4.13. The van der Waals surface area contributed by atoms with Gasteiger partial charge in [0.15, 0.2) is 0 Å². The third-order valence-electron chi connectivity index (χ3n) is 2.69. The van der Waals surface area contributed by atoms with Crippen molar-refractivity contribution in [1.82, 2.24) is 0 Å². The quantitative estimate of drug-likeness (QED) is 0.883. The van der Waals surface area contributed by atoms with E-state index in [9.17, 15) is 13.6 Å². The lowest BCUT2D eigenvalue weighted by molar-refractivity contribution is 0.102. The normalized spacial score (nSPS) is 10.3. The monoisotopic (exact) mass is 355 g/mol. The van der Waals surface area contributed by atoms with Gasteiger partial charge in [-0.05, 0) is 47.1 Å². The molecule has 0 saturated heterocycles. The highest BCUT2D eigenvalue weighted by atomic mass is 79.9. The Bertz CT molecular complexity index is 677. The van der Waals surface area contributed by atoms with E-state index in [0.717, 1.165) is 0 Å². The standard InChI is InChI=1S/C15H12BrF2NO2/c1-2-21-13-8-9(17)6-7-12(13)19-15(20)10-4-3-5-11(18)14(10)16/h3-8H,2H2,1H3,(H,19,20). The minimum Gasteiger partial charge on any atom is -0.492 e. The minimum atomic E-state index is -0.535. The number of hydrogen-bond donors (Lipinski definition) is 1. The first-order valence-electron chi connectivity index (χ1n) is 6.20. The van der Waals surface area contributed by atoms with Crippen LogP contribution < -0.4 is 10.1 Å². The molecule has 0 aromatic heterocycles. The summed E-state index contributed by atoms with van der Waals surface area (Å²) in [7, 11) is 0. The van der Waals surface area contributed by atoms with Crippen molar-refractivity contribution in [2.45, 2.75) is 6.92 Å². The summed E-state index contributed by atoms with van der Waals surface area (Å²) in [5, 5.41) is 2.58. The van der Waals surface area contributed by atoms with Gasteiger partial charge in [0.1, 0.15) is 17.4 Å². The van der Waals surface area contributed by atoms with Gasteiger partial charge in [0.05, 0.1) is 22.3 Å². The van der Waals surface area contributed by atoms with Crippen LogP contribution in [0.15, 0.2) is 40.9 Å². The molecule has 0 radical (unpaired) electrons. The molecule has 21 heavy (non-hydrogen) atoms. The largest absolute Gasteiger partial charge is 0.492 e. The maximum absolute atomic E-state index is 13.4. The van der Waals surface area contributed by atoms with E-state index in [0.29, 0.717) is 12.3 Å². The Morgan fingerprint density at radius 2 is 2.05 bits per heavy atom. The average Bonchev–Trinajstić information content (AvgIpc) is 2.45. The number of carbonyl (C=O) groups excluding carboxylic acids is 1. The van der Waals surface area contributed by atoms with Crippen molar-refractivity contribution in [3.8, 4) is 5.75 Å². The van der Waals surface area contributed by atoms with Crippen LogP contribution >= 0.6 is 15.9 Å². The average molecular weight is 356 g/mol. The molecule has 0 aliphatic rings. The summed E-state index contributed by atoms with van der Waals surface area (Å²) >= 11 is 3.03. The molecule has 2 aromatic rings. The van der Waals surface area contributed by atoms with Crippen LogP contribution in [0.5, 0.6) is 5.75 Å². The van der Waals surface area contributed by atoms with Crippen LogP contribution in [-0.2, 0) is 0 Å². The molecule has 0 fully saturated rings. The molecule has 0 aliphatic heterocycles. The number of nitrogens with one attached hydrogen (secondary N) is 1. The number of amides is 1. The van der Waals surface area contributed by atoms with Gasteiger partial charge in [0.25, 0.3) is 5.91 Å². The van der Waals surface area contributed by atoms with Gasteiger partial charge in [-0.25, -0.2) is 8.78 Å². The molecule has 110 valence electrons. The van der Waals surface area contributed by atoms with Crippen molar-refractivity contribution < 1.29 is 18.3 Å². The fourth-order valence-electron chi connectivity index (χ4n) is 1.74. The van der Waals surface area contributed by atoms with Gasteiger partial charge >= 0.3 is 0 Å². The number of anilines is 1. The minimum absolute atomic E-state index is 0.0718. The molecular weight excluding hydrogens is 344 g/mol. The molecular formula is C15H12BrF2NO2. The maximum Gasteiger partial charge on any atom is 0.257 e. The molecule has 0 aliphatic carbocycles. The van der Waals surface area contributed by atoms with Crippen molar-refractivity contribution in [3.05, 3.63) is 58.1 Å². The molecule has 0 saturated carbocycles. The second-order valence-corrected chi connectivity index (χ2v) is 4.92. The lowest BCUT2D eigenvalue weighted by atomic mass is 10.2. The van der Waals surface area contributed by atoms with Crippen LogP contribution in [0.25, 0.3) is 0 Å². The summed E-state index contributed by atoms with van der Waals surface area (Å²) in [6.45, 7) is 2.08. The Kier molecular flexibility index (Phi) is 4.90. The molecule has 6 heteroatoms. The number of ether oxygens (including phenoxy) is 1. The number of benzene rings is 2. The molecule has 2 aromatic carbocycles. The second kappa shape index (κ2) is 6.67. The Labute approximate surface area is 129 Å². The SMILES string of the molecule is CCOc1cc(F)ccc1NC(=O)c1cccc(F)c1Br. The van der Waals surface area contributed by atoms with Crippen LogP contribution in [0.3, 0.4) is 0 Å². The maximum atomic E-state index is 13.4. The number of halogens is 3. The third-order valence-corrected chi connectivity index (χ3v) is 3.49. The lowest BCUT2D eigenvalue weighted by Gasteiger charge is -2.12. The van der Waals surface area contributed by atoms with Crippen LogP contribution in [0.1, 0.15) is 17.3 Å². The summed E-state index contributed by atoms with van der Waals surface area (Å²) in [6, 6.07) is 7.93.